The van der Waals surface area contributed by atoms with E-state index in [1.807, 2.05) is 48.5 Å². The lowest BCUT2D eigenvalue weighted by molar-refractivity contribution is 0.651. The van der Waals surface area contributed by atoms with Crippen LogP contribution in [0.5, 0.6) is 0 Å². The van der Waals surface area contributed by atoms with E-state index < -0.39 is 8.16 Å². The van der Waals surface area contributed by atoms with Crippen molar-refractivity contribution in [2.24, 2.45) is 0 Å². The third-order valence-corrected chi connectivity index (χ3v) is 5.12. The van der Waals surface area contributed by atoms with Crippen LogP contribution in [-0.4, -0.2) is 0 Å². The van der Waals surface area contributed by atoms with Crippen molar-refractivity contribution in [3.05, 3.63) is 78.3 Å². The minimum Gasteiger partial charge on any atom is -0.567 e. The zero-order valence-electron chi connectivity index (χ0n) is 12.7. The Morgan fingerprint density at radius 3 is 1.54 bits per heavy atom. The van der Waals surface area contributed by atoms with Crippen molar-refractivity contribution in [3.63, 3.8) is 0 Å². The molecular formula is C20H13NO2P-. The predicted octanol–water partition coefficient (Wildman–Crippen LogP) is 7.41. The Morgan fingerprint density at radius 1 is 0.583 bits per heavy atom. The van der Waals surface area contributed by atoms with Gasteiger partial charge in [-0.3, -0.25) is 0 Å². The maximum absolute atomic E-state index is 8.11. The Morgan fingerprint density at radius 2 is 1.04 bits per heavy atom. The summed E-state index contributed by atoms with van der Waals surface area (Å²) in [6.07, 6.45) is 0. The van der Waals surface area contributed by atoms with Crippen LogP contribution >= 0.6 is 8.16 Å². The lowest BCUT2D eigenvalue weighted by Gasteiger charge is -2.05. The molecule has 1 heterocycles. The second kappa shape index (κ2) is 5.13. The van der Waals surface area contributed by atoms with Gasteiger partial charge in [0.25, 0.3) is 0 Å². The lowest BCUT2D eigenvalue weighted by Crippen LogP contribution is -1.79. The first kappa shape index (κ1) is 13.7. The SMILES string of the molecule is [NH-]p1oc2ccc3ccccc3c2c2c(ccc3ccccc32)o1. The van der Waals surface area contributed by atoms with E-state index in [1.165, 1.54) is 0 Å². The average molecular weight is 330 g/mol. The van der Waals surface area contributed by atoms with Crippen molar-refractivity contribution < 1.29 is 8.39 Å². The van der Waals surface area contributed by atoms with Gasteiger partial charge >= 0.3 is 0 Å². The molecule has 0 radical (unpaired) electrons. The topological polar surface area (TPSA) is 50.1 Å². The monoisotopic (exact) mass is 330 g/mol. The van der Waals surface area contributed by atoms with Crippen LogP contribution in [0, 0.1) is 0 Å². The van der Waals surface area contributed by atoms with Crippen molar-refractivity contribution in [1.29, 1.82) is 0 Å². The molecule has 0 amide bonds. The second-order valence-corrected chi connectivity index (χ2v) is 6.64. The summed E-state index contributed by atoms with van der Waals surface area (Å²) >= 11 is 0. The second-order valence-electron chi connectivity index (χ2n) is 5.76. The zero-order chi connectivity index (χ0) is 16.1. The maximum Gasteiger partial charge on any atom is 0.141 e. The van der Waals surface area contributed by atoms with Gasteiger partial charge in [0.15, 0.2) is 0 Å². The third kappa shape index (κ3) is 1.96. The van der Waals surface area contributed by atoms with Crippen molar-refractivity contribution in [2.75, 3.05) is 0 Å². The summed E-state index contributed by atoms with van der Waals surface area (Å²) in [4.78, 5) is 0. The van der Waals surface area contributed by atoms with Crippen molar-refractivity contribution in [2.45, 2.75) is 0 Å². The van der Waals surface area contributed by atoms with E-state index in [0.29, 0.717) is 11.2 Å². The summed E-state index contributed by atoms with van der Waals surface area (Å²) in [5.74, 6) is 0. The fourth-order valence-corrected chi connectivity index (χ4v) is 4.07. The van der Waals surface area contributed by atoms with Gasteiger partial charge in [-0.15, -0.1) is 0 Å². The van der Waals surface area contributed by atoms with Gasteiger partial charge in [0, 0.05) is 10.8 Å². The van der Waals surface area contributed by atoms with Crippen LogP contribution in [0.25, 0.3) is 49.0 Å². The predicted molar refractivity (Wildman–Crippen MR) is 101 cm³/mol. The molecule has 0 fully saturated rings. The Bertz CT molecular complexity index is 1180. The molecule has 1 N–H and O–H groups in total. The standard InChI is InChI=1S/C20H13NO2P/c21-24-22-17-11-9-13-5-1-3-7-15(13)19(17)20-16-8-4-2-6-14(16)10-12-18(20)23-24/h1-12,21H/q-1. The zero-order valence-corrected chi connectivity index (χ0v) is 13.6. The molecule has 3 nitrogen and oxygen atoms in total. The maximum atomic E-state index is 8.11. The fraction of sp³-hybridized carbons (Fsp3) is 0. The molecular weight excluding hydrogens is 317 g/mol. The highest BCUT2D eigenvalue weighted by Crippen LogP contribution is 2.40. The number of rotatable bonds is 0. The summed E-state index contributed by atoms with van der Waals surface area (Å²) in [6, 6.07) is 24.5. The minimum absolute atomic E-state index is 0.713. The van der Waals surface area contributed by atoms with Crippen LogP contribution in [0.15, 0.2) is 81.2 Å². The van der Waals surface area contributed by atoms with Gasteiger partial charge in [0.2, 0.25) is 0 Å². The molecule has 0 atom stereocenters. The molecule has 4 heteroatoms. The lowest BCUT2D eigenvalue weighted by atomic mass is 9.99. The van der Waals surface area contributed by atoms with E-state index in [2.05, 4.69) is 24.3 Å². The molecule has 0 bridgehead atoms. The van der Waals surface area contributed by atoms with Crippen molar-refractivity contribution in [3.8, 4) is 0 Å². The highest BCUT2D eigenvalue weighted by atomic mass is 31.1. The molecule has 5 aromatic rings. The molecule has 0 aliphatic carbocycles. The minimum atomic E-state index is -1.75. The molecule has 24 heavy (non-hydrogen) atoms. The Balaban J connectivity index is 2.23. The quantitative estimate of drug-likeness (QED) is 0.297. The van der Waals surface area contributed by atoms with Gasteiger partial charge in [-0.2, -0.15) is 0 Å². The van der Waals surface area contributed by atoms with Crippen LogP contribution < -0.4 is 0 Å². The van der Waals surface area contributed by atoms with Gasteiger partial charge in [-0.1, -0.05) is 60.7 Å². The van der Waals surface area contributed by atoms with Crippen LogP contribution in [0.1, 0.15) is 0 Å². The Labute approximate surface area is 138 Å². The Kier molecular flexibility index (Phi) is 2.93. The highest BCUT2D eigenvalue weighted by molar-refractivity contribution is 7.39. The largest absolute Gasteiger partial charge is 0.567 e. The first-order valence-corrected chi connectivity index (χ1v) is 8.90. The fourth-order valence-electron chi connectivity index (χ4n) is 3.37. The number of hydrogen-bond acceptors (Lipinski definition) is 2. The highest BCUT2D eigenvalue weighted by Gasteiger charge is 2.10. The number of hydrogen-bond donors (Lipinski definition) is 0. The summed E-state index contributed by atoms with van der Waals surface area (Å²) in [5, 5.41) is 6.54. The summed E-state index contributed by atoms with van der Waals surface area (Å²) in [6.45, 7) is 0. The van der Waals surface area contributed by atoms with Gasteiger partial charge in [0.05, 0.1) is 0 Å². The van der Waals surface area contributed by atoms with E-state index in [0.717, 1.165) is 32.3 Å². The molecule has 5 rings (SSSR count). The number of benzene rings is 4. The Hall–Kier alpha value is -2.74. The molecule has 0 unspecified atom stereocenters. The van der Waals surface area contributed by atoms with Crippen LogP contribution in [0.3, 0.4) is 0 Å². The molecule has 0 saturated carbocycles. The van der Waals surface area contributed by atoms with Gasteiger partial charge in [0.1, 0.15) is 19.3 Å². The van der Waals surface area contributed by atoms with Gasteiger partial charge in [-0.05, 0) is 33.7 Å². The molecule has 1 aromatic heterocycles. The van der Waals surface area contributed by atoms with Crippen LogP contribution in [0.2, 0.25) is 0 Å². The molecule has 0 spiro atoms. The molecule has 0 saturated heterocycles. The normalized spacial score (nSPS) is 11.5. The molecule has 4 aromatic carbocycles. The van der Waals surface area contributed by atoms with E-state index in [9.17, 15) is 0 Å². The number of nitrogens with one attached hydrogen (secondary N) is 1. The summed E-state index contributed by atoms with van der Waals surface area (Å²) in [5.41, 5.74) is 9.54. The molecule has 116 valence electrons. The number of fused-ring (bicyclic) bond motifs is 7. The smallest absolute Gasteiger partial charge is 0.141 e. The van der Waals surface area contributed by atoms with Crippen molar-refractivity contribution >= 4 is 51.6 Å². The summed E-state index contributed by atoms with van der Waals surface area (Å²) in [7, 11) is -1.75. The average Bonchev–Trinajstić information content (AvgIpc) is 2.77. The van der Waals surface area contributed by atoms with E-state index >= 15 is 0 Å². The van der Waals surface area contributed by atoms with Gasteiger partial charge < -0.3 is 13.9 Å². The summed E-state index contributed by atoms with van der Waals surface area (Å²) < 4.78 is 11.6. The van der Waals surface area contributed by atoms with Gasteiger partial charge in [-0.25, -0.2) is 0 Å². The van der Waals surface area contributed by atoms with Crippen LogP contribution in [0.4, 0.5) is 0 Å². The first-order valence-electron chi connectivity index (χ1n) is 7.72. The van der Waals surface area contributed by atoms with E-state index in [4.69, 9.17) is 13.9 Å². The van der Waals surface area contributed by atoms with Crippen LogP contribution in [-0.2, 0) is 0 Å². The first-order chi connectivity index (χ1) is 11.8. The molecule has 0 aliphatic heterocycles. The van der Waals surface area contributed by atoms with E-state index in [-0.39, 0.29) is 0 Å². The van der Waals surface area contributed by atoms with Crippen molar-refractivity contribution in [1.82, 2.24) is 0 Å². The molecule has 0 aliphatic rings. The van der Waals surface area contributed by atoms with E-state index in [1.54, 1.807) is 0 Å². The third-order valence-electron chi connectivity index (χ3n) is 4.39.